The normalized spacial score (nSPS) is 18.7. The van der Waals surface area contributed by atoms with Gasteiger partial charge in [0.05, 0.1) is 18.1 Å². The van der Waals surface area contributed by atoms with Crippen LogP contribution in [0.25, 0.3) is 0 Å². The highest BCUT2D eigenvalue weighted by molar-refractivity contribution is 8.16. The topological polar surface area (TPSA) is 63.1 Å². The maximum absolute atomic E-state index is 12.3. The van der Waals surface area contributed by atoms with Crippen molar-refractivity contribution in [3.63, 3.8) is 0 Å². The number of nitrogens with one attached hydrogen (secondary N) is 1. The smallest absolute Gasteiger partial charge is 0.230 e. The van der Waals surface area contributed by atoms with E-state index in [1.165, 1.54) is 24.6 Å². The largest absolute Gasteiger partial charge is 0.494 e. The molecule has 1 fully saturated rings. The zero-order valence-corrected chi connectivity index (χ0v) is 18.0. The predicted molar refractivity (Wildman–Crippen MR) is 118 cm³/mol. The van der Waals surface area contributed by atoms with Crippen molar-refractivity contribution >= 4 is 28.4 Å². The van der Waals surface area contributed by atoms with E-state index >= 15 is 0 Å². The van der Waals surface area contributed by atoms with Crippen LogP contribution >= 0.6 is 11.8 Å². The summed E-state index contributed by atoms with van der Waals surface area (Å²) in [4.78, 5) is 21.8. The molecule has 0 radical (unpaired) electrons. The number of amides is 1. The first-order chi connectivity index (χ1) is 13.5. The average Bonchev–Trinajstić information content (AvgIpc) is 3.28. The van der Waals surface area contributed by atoms with Crippen molar-refractivity contribution in [2.24, 2.45) is 9.98 Å². The van der Waals surface area contributed by atoms with Gasteiger partial charge in [0.15, 0.2) is 0 Å². The molecule has 1 N–H and O–H groups in total. The molecule has 1 aromatic carbocycles. The van der Waals surface area contributed by atoms with Gasteiger partial charge in [-0.3, -0.25) is 9.79 Å². The molecule has 0 atom stereocenters. The van der Waals surface area contributed by atoms with Crippen molar-refractivity contribution in [2.45, 2.75) is 71.0 Å². The molecule has 0 aromatic heterocycles. The van der Waals surface area contributed by atoms with Crippen molar-refractivity contribution in [3.05, 3.63) is 29.8 Å². The molecule has 1 amide bonds. The standard InChI is InChI=1S/C22H31N3O2S/c1-4-5-14-27-18-12-10-16(11-13-18)20-21(25-22(2,3)24-20)28-15-19(26)23-17-8-6-7-9-17/h10-13,17H,4-9,14-15H2,1-3H3,(H,23,26). The Morgan fingerprint density at radius 3 is 2.61 bits per heavy atom. The molecule has 1 saturated carbocycles. The molecule has 0 bridgehead atoms. The quantitative estimate of drug-likeness (QED) is 0.648. The zero-order valence-electron chi connectivity index (χ0n) is 17.2. The van der Waals surface area contributed by atoms with Crippen LogP contribution in [0.2, 0.25) is 0 Å². The number of carbonyl (C=O) groups excluding carboxylic acids is 1. The van der Waals surface area contributed by atoms with Gasteiger partial charge in [0, 0.05) is 11.6 Å². The number of hydrogen-bond acceptors (Lipinski definition) is 5. The third-order valence-corrected chi connectivity index (χ3v) is 5.88. The maximum Gasteiger partial charge on any atom is 0.230 e. The van der Waals surface area contributed by atoms with Crippen molar-refractivity contribution in [2.75, 3.05) is 12.4 Å². The van der Waals surface area contributed by atoms with Gasteiger partial charge in [0.2, 0.25) is 5.91 Å². The van der Waals surface area contributed by atoms with E-state index in [0.717, 1.165) is 54.4 Å². The molecule has 1 aliphatic carbocycles. The predicted octanol–water partition coefficient (Wildman–Crippen LogP) is 4.59. The van der Waals surface area contributed by atoms with E-state index in [2.05, 4.69) is 12.2 Å². The SMILES string of the molecule is CCCCOc1ccc(C2=NC(C)(C)N=C2SCC(=O)NC2CCCC2)cc1. The molecule has 1 aliphatic heterocycles. The Kier molecular flexibility index (Phi) is 7.16. The van der Waals surface area contributed by atoms with Crippen LogP contribution in [0.1, 0.15) is 64.9 Å². The molecule has 2 aliphatic rings. The van der Waals surface area contributed by atoms with Crippen molar-refractivity contribution in [3.8, 4) is 5.75 Å². The number of nitrogens with zero attached hydrogens (tertiary/aromatic N) is 2. The minimum atomic E-state index is -0.490. The van der Waals surface area contributed by atoms with E-state index in [0.29, 0.717) is 11.8 Å². The second-order valence-electron chi connectivity index (χ2n) is 7.94. The lowest BCUT2D eigenvalue weighted by molar-refractivity contribution is -0.119. The van der Waals surface area contributed by atoms with Gasteiger partial charge in [0.1, 0.15) is 16.5 Å². The molecule has 0 saturated heterocycles. The Balaban J connectivity index is 1.61. The van der Waals surface area contributed by atoms with Crippen LogP contribution in [0.3, 0.4) is 0 Å². The molecule has 28 heavy (non-hydrogen) atoms. The third kappa shape index (κ3) is 5.84. The van der Waals surface area contributed by atoms with Crippen LogP contribution in [0, 0.1) is 0 Å². The minimum absolute atomic E-state index is 0.0864. The molecule has 1 heterocycles. The molecular weight excluding hydrogens is 370 g/mol. The fourth-order valence-electron chi connectivity index (χ4n) is 3.45. The van der Waals surface area contributed by atoms with Crippen molar-refractivity contribution < 1.29 is 9.53 Å². The Bertz CT molecular complexity index is 735. The fourth-order valence-corrected chi connectivity index (χ4v) is 4.39. The van der Waals surface area contributed by atoms with Gasteiger partial charge >= 0.3 is 0 Å². The Morgan fingerprint density at radius 2 is 1.93 bits per heavy atom. The van der Waals surface area contributed by atoms with E-state index in [4.69, 9.17) is 14.7 Å². The number of benzene rings is 1. The lowest BCUT2D eigenvalue weighted by atomic mass is 10.1. The second-order valence-corrected chi connectivity index (χ2v) is 8.90. The van der Waals surface area contributed by atoms with Gasteiger partial charge in [0.25, 0.3) is 0 Å². The fraction of sp³-hybridized carbons (Fsp3) is 0.591. The number of carbonyl (C=O) groups is 1. The lowest BCUT2D eigenvalue weighted by Crippen LogP contribution is -2.34. The van der Waals surface area contributed by atoms with Gasteiger partial charge in [-0.05, 0) is 57.4 Å². The number of ether oxygens (including phenoxy) is 1. The van der Waals surface area contributed by atoms with E-state index in [1.807, 2.05) is 38.1 Å². The average molecular weight is 402 g/mol. The first kappa shape index (κ1) is 20.9. The zero-order chi connectivity index (χ0) is 20.0. The first-order valence-electron chi connectivity index (χ1n) is 10.3. The summed E-state index contributed by atoms with van der Waals surface area (Å²) in [6, 6.07) is 8.36. The van der Waals surface area contributed by atoms with Gasteiger partial charge in [-0.2, -0.15) is 0 Å². The lowest BCUT2D eigenvalue weighted by Gasteiger charge is -2.12. The summed E-state index contributed by atoms with van der Waals surface area (Å²) in [5.41, 5.74) is 1.38. The van der Waals surface area contributed by atoms with Crippen LogP contribution in [0.15, 0.2) is 34.3 Å². The van der Waals surface area contributed by atoms with Crippen LogP contribution in [-0.4, -0.2) is 40.7 Å². The third-order valence-electron chi connectivity index (χ3n) is 4.92. The minimum Gasteiger partial charge on any atom is -0.494 e. The van der Waals surface area contributed by atoms with Gasteiger partial charge < -0.3 is 10.1 Å². The van der Waals surface area contributed by atoms with E-state index < -0.39 is 5.66 Å². The number of aliphatic imine (C=N–C) groups is 2. The van der Waals surface area contributed by atoms with Gasteiger partial charge in [-0.15, -0.1) is 0 Å². The number of thioether (sulfide) groups is 1. The molecular formula is C22H31N3O2S. The van der Waals surface area contributed by atoms with Crippen LogP contribution in [0.5, 0.6) is 5.75 Å². The number of hydrogen-bond donors (Lipinski definition) is 1. The Morgan fingerprint density at radius 1 is 1.21 bits per heavy atom. The molecule has 5 nitrogen and oxygen atoms in total. The van der Waals surface area contributed by atoms with E-state index in [-0.39, 0.29) is 5.91 Å². The molecule has 152 valence electrons. The molecule has 6 heteroatoms. The summed E-state index contributed by atoms with van der Waals surface area (Å²) in [6.45, 7) is 6.87. The second kappa shape index (κ2) is 9.59. The molecule has 1 aromatic rings. The summed E-state index contributed by atoms with van der Waals surface area (Å²) < 4.78 is 5.75. The van der Waals surface area contributed by atoms with E-state index in [1.54, 1.807) is 0 Å². The van der Waals surface area contributed by atoms with Gasteiger partial charge in [-0.25, -0.2) is 4.99 Å². The highest BCUT2D eigenvalue weighted by atomic mass is 32.2. The maximum atomic E-state index is 12.3. The summed E-state index contributed by atoms with van der Waals surface area (Å²) in [5.74, 6) is 1.34. The Labute approximate surface area is 172 Å². The summed E-state index contributed by atoms with van der Waals surface area (Å²) >= 11 is 1.48. The van der Waals surface area contributed by atoms with Crippen LogP contribution < -0.4 is 10.1 Å². The Hall–Kier alpha value is -1.82. The number of unbranched alkanes of at least 4 members (excludes halogenated alkanes) is 1. The molecule has 0 spiro atoms. The summed E-state index contributed by atoms with van der Waals surface area (Å²) in [6.07, 6.45) is 6.81. The van der Waals surface area contributed by atoms with Gasteiger partial charge in [-0.1, -0.05) is 37.9 Å². The van der Waals surface area contributed by atoms with Crippen LogP contribution in [0.4, 0.5) is 0 Å². The number of rotatable bonds is 8. The van der Waals surface area contributed by atoms with E-state index in [9.17, 15) is 4.79 Å². The first-order valence-corrected chi connectivity index (χ1v) is 11.3. The van der Waals surface area contributed by atoms with Crippen molar-refractivity contribution in [1.29, 1.82) is 0 Å². The monoisotopic (exact) mass is 401 g/mol. The molecule has 0 unspecified atom stereocenters. The highest BCUT2D eigenvalue weighted by Crippen LogP contribution is 2.27. The molecule has 3 rings (SSSR count). The summed E-state index contributed by atoms with van der Waals surface area (Å²) in [5, 5.41) is 3.98. The van der Waals surface area contributed by atoms with Crippen molar-refractivity contribution in [1.82, 2.24) is 5.32 Å². The highest BCUT2D eigenvalue weighted by Gasteiger charge is 2.29. The summed E-state index contributed by atoms with van der Waals surface area (Å²) in [7, 11) is 0. The van der Waals surface area contributed by atoms with Crippen LogP contribution in [-0.2, 0) is 4.79 Å².